The number of ether oxygens (including phenoxy) is 1. The van der Waals surface area contributed by atoms with Gasteiger partial charge in [-0.3, -0.25) is 14.9 Å². The normalized spacial score (nSPS) is 14.1. The predicted molar refractivity (Wildman–Crippen MR) is 99.3 cm³/mol. The Bertz CT molecular complexity index is 866. The summed E-state index contributed by atoms with van der Waals surface area (Å²) < 4.78 is 19.2. The summed E-state index contributed by atoms with van der Waals surface area (Å²) in [7, 11) is 1.34. The lowest BCUT2D eigenvalue weighted by molar-refractivity contribution is -0.385. The lowest BCUT2D eigenvalue weighted by Crippen LogP contribution is -2.44. The second-order valence-electron chi connectivity index (χ2n) is 6.25. The van der Waals surface area contributed by atoms with Crippen molar-refractivity contribution >= 4 is 17.3 Å². The van der Waals surface area contributed by atoms with Crippen molar-refractivity contribution in [1.82, 2.24) is 5.32 Å². The number of halogens is 1. The molecule has 0 saturated carbocycles. The summed E-state index contributed by atoms with van der Waals surface area (Å²) in [4.78, 5) is 24.1. The molecule has 0 unspecified atom stereocenters. The summed E-state index contributed by atoms with van der Waals surface area (Å²) in [5.74, 6) is -1.00. The summed E-state index contributed by atoms with van der Waals surface area (Å²) in [6.45, 7) is 3.16. The molecule has 0 aromatic heterocycles. The minimum atomic E-state index is -0.656. The van der Waals surface area contributed by atoms with Crippen molar-refractivity contribution in [3.63, 3.8) is 0 Å². The van der Waals surface area contributed by atoms with Gasteiger partial charge in [0.2, 0.25) is 0 Å². The smallest absolute Gasteiger partial charge is 0.310 e. The number of piperazine rings is 1. The third-order valence-electron chi connectivity index (χ3n) is 4.58. The highest BCUT2D eigenvalue weighted by Crippen LogP contribution is 2.32. The summed E-state index contributed by atoms with van der Waals surface area (Å²) in [6, 6.07) is 8.93. The van der Waals surface area contributed by atoms with Crippen LogP contribution in [-0.4, -0.2) is 44.2 Å². The van der Waals surface area contributed by atoms with E-state index in [0.717, 1.165) is 43.5 Å². The average Bonchev–Trinajstić information content (AvgIpc) is 2.68. The van der Waals surface area contributed by atoms with Crippen LogP contribution in [0.2, 0.25) is 0 Å². The summed E-state index contributed by atoms with van der Waals surface area (Å²) in [6.07, 6.45) is 0.124. The molecule has 2 aromatic rings. The van der Waals surface area contributed by atoms with Gasteiger partial charge in [-0.2, -0.15) is 0 Å². The number of rotatable bonds is 5. The standard InChI is InChI=1S/C19H20FN3O4/c1-27-19(24)11-14-3-2-13(10-18(14)22-8-6-21-7-9-22)16-5-4-15(23(25)26)12-17(16)20/h2-5,10,12,21H,6-9,11H2,1H3. The molecule has 0 atom stereocenters. The van der Waals surface area contributed by atoms with E-state index in [4.69, 9.17) is 4.74 Å². The Labute approximate surface area is 155 Å². The molecule has 3 rings (SSSR count). The van der Waals surface area contributed by atoms with E-state index >= 15 is 0 Å². The Hall–Kier alpha value is -3.00. The van der Waals surface area contributed by atoms with Crippen LogP contribution in [0.25, 0.3) is 11.1 Å². The first kappa shape index (κ1) is 18.8. The van der Waals surface area contributed by atoms with Crippen LogP contribution in [0.15, 0.2) is 36.4 Å². The van der Waals surface area contributed by atoms with Gasteiger partial charge in [0.25, 0.3) is 5.69 Å². The van der Waals surface area contributed by atoms with Crippen LogP contribution < -0.4 is 10.2 Å². The highest BCUT2D eigenvalue weighted by atomic mass is 19.1. The molecule has 1 heterocycles. The highest BCUT2D eigenvalue weighted by molar-refractivity contribution is 5.78. The molecule has 7 nitrogen and oxygen atoms in total. The molecule has 0 spiro atoms. The van der Waals surface area contributed by atoms with Crippen molar-refractivity contribution in [2.24, 2.45) is 0 Å². The van der Waals surface area contributed by atoms with Gasteiger partial charge in [-0.05, 0) is 23.3 Å². The van der Waals surface area contributed by atoms with Crippen molar-refractivity contribution in [3.05, 3.63) is 57.9 Å². The number of benzene rings is 2. The number of hydrogen-bond donors (Lipinski definition) is 1. The van der Waals surface area contributed by atoms with Gasteiger partial charge in [0.05, 0.1) is 24.5 Å². The molecule has 27 heavy (non-hydrogen) atoms. The lowest BCUT2D eigenvalue weighted by atomic mass is 9.99. The van der Waals surface area contributed by atoms with Gasteiger partial charge in [0, 0.05) is 43.5 Å². The molecule has 0 aliphatic carbocycles. The molecule has 8 heteroatoms. The van der Waals surface area contributed by atoms with Gasteiger partial charge in [-0.15, -0.1) is 0 Å². The number of anilines is 1. The van der Waals surface area contributed by atoms with E-state index in [1.165, 1.54) is 19.2 Å². The second kappa shape index (κ2) is 8.13. The van der Waals surface area contributed by atoms with Crippen LogP contribution in [0.4, 0.5) is 15.8 Å². The molecule has 142 valence electrons. The maximum Gasteiger partial charge on any atom is 0.310 e. The molecular weight excluding hydrogens is 353 g/mol. The monoisotopic (exact) mass is 373 g/mol. The molecule has 0 bridgehead atoms. The number of nitro benzene ring substituents is 1. The Morgan fingerprint density at radius 3 is 2.63 bits per heavy atom. The summed E-state index contributed by atoms with van der Waals surface area (Å²) in [5.41, 5.74) is 2.24. The number of hydrogen-bond acceptors (Lipinski definition) is 6. The SMILES string of the molecule is COC(=O)Cc1ccc(-c2ccc([N+](=O)[O-])cc2F)cc1N1CCNCC1. The first-order chi connectivity index (χ1) is 13.0. The van der Waals surface area contributed by atoms with Gasteiger partial charge >= 0.3 is 5.97 Å². The lowest BCUT2D eigenvalue weighted by Gasteiger charge is -2.31. The number of non-ortho nitro benzene ring substituents is 1. The van der Waals surface area contributed by atoms with Crippen molar-refractivity contribution in [2.45, 2.75) is 6.42 Å². The van der Waals surface area contributed by atoms with E-state index in [2.05, 4.69) is 10.2 Å². The molecule has 1 aliphatic heterocycles. The van der Waals surface area contributed by atoms with Gasteiger partial charge in [0.15, 0.2) is 0 Å². The van der Waals surface area contributed by atoms with E-state index in [-0.39, 0.29) is 23.6 Å². The molecule has 0 radical (unpaired) electrons. The minimum Gasteiger partial charge on any atom is -0.469 e. The van der Waals surface area contributed by atoms with Gasteiger partial charge < -0.3 is 15.0 Å². The Morgan fingerprint density at radius 1 is 1.26 bits per heavy atom. The van der Waals surface area contributed by atoms with Crippen molar-refractivity contribution in [2.75, 3.05) is 38.2 Å². The Morgan fingerprint density at radius 2 is 2.00 bits per heavy atom. The highest BCUT2D eigenvalue weighted by Gasteiger charge is 2.19. The van der Waals surface area contributed by atoms with Crippen LogP contribution in [0, 0.1) is 15.9 Å². The van der Waals surface area contributed by atoms with Crippen molar-refractivity contribution in [3.8, 4) is 11.1 Å². The zero-order valence-corrected chi connectivity index (χ0v) is 14.9. The molecular formula is C19H20FN3O4. The molecule has 2 aromatic carbocycles. The average molecular weight is 373 g/mol. The predicted octanol–water partition coefficient (Wildman–Crippen LogP) is 2.53. The van der Waals surface area contributed by atoms with E-state index < -0.39 is 10.7 Å². The minimum absolute atomic E-state index is 0.124. The number of esters is 1. The van der Waals surface area contributed by atoms with E-state index in [0.29, 0.717) is 5.56 Å². The van der Waals surface area contributed by atoms with E-state index in [9.17, 15) is 19.3 Å². The summed E-state index contributed by atoms with van der Waals surface area (Å²) in [5, 5.41) is 14.1. The zero-order chi connectivity index (χ0) is 19.4. The van der Waals surface area contributed by atoms with Crippen LogP contribution in [0.5, 0.6) is 0 Å². The fourth-order valence-electron chi connectivity index (χ4n) is 3.16. The van der Waals surface area contributed by atoms with Gasteiger partial charge in [0.1, 0.15) is 5.82 Å². The topological polar surface area (TPSA) is 84.7 Å². The van der Waals surface area contributed by atoms with Gasteiger partial charge in [-0.25, -0.2) is 4.39 Å². The van der Waals surface area contributed by atoms with Crippen molar-refractivity contribution < 1.29 is 18.8 Å². The van der Waals surface area contributed by atoms with Crippen LogP contribution in [-0.2, 0) is 16.0 Å². The number of carbonyl (C=O) groups excluding carboxylic acids is 1. The fraction of sp³-hybridized carbons (Fsp3) is 0.316. The van der Waals surface area contributed by atoms with E-state index in [1.807, 2.05) is 6.07 Å². The van der Waals surface area contributed by atoms with Crippen LogP contribution in [0.1, 0.15) is 5.56 Å². The molecule has 1 fully saturated rings. The largest absolute Gasteiger partial charge is 0.469 e. The maximum absolute atomic E-state index is 14.4. The maximum atomic E-state index is 14.4. The summed E-state index contributed by atoms with van der Waals surface area (Å²) >= 11 is 0. The Balaban J connectivity index is 2.01. The van der Waals surface area contributed by atoms with Crippen LogP contribution in [0.3, 0.4) is 0 Å². The molecule has 0 amide bonds. The van der Waals surface area contributed by atoms with E-state index in [1.54, 1.807) is 12.1 Å². The Kier molecular flexibility index (Phi) is 5.66. The fourth-order valence-corrected chi connectivity index (χ4v) is 3.16. The molecule has 1 saturated heterocycles. The van der Waals surface area contributed by atoms with Crippen molar-refractivity contribution in [1.29, 1.82) is 0 Å². The number of nitrogens with zero attached hydrogens (tertiary/aromatic N) is 2. The number of carbonyl (C=O) groups is 1. The molecule has 1 N–H and O–H groups in total. The molecule has 1 aliphatic rings. The first-order valence-electron chi connectivity index (χ1n) is 8.59. The number of methoxy groups -OCH3 is 1. The third kappa shape index (κ3) is 4.22. The van der Waals surface area contributed by atoms with Crippen LogP contribution >= 0.6 is 0 Å². The number of nitro groups is 1. The third-order valence-corrected chi connectivity index (χ3v) is 4.58. The second-order valence-corrected chi connectivity index (χ2v) is 6.25. The zero-order valence-electron chi connectivity index (χ0n) is 14.9. The van der Waals surface area contributed by atoms with Gasteiger partial charge in [-0.1, -0.05) is 12.1 Å². The number of nitrogens with one attached hydrogen (secondary N) is 1. The quantitative estimate of drug-likeness (QED) is 0.493. The first-order valence-corrected chi connectivity index (χ1v) is 8.59.